The van der Waals surface area contributed by atoms with Crippen molar-refractivity contribution in [2.24, 2.45) is 0 Å². The van der Waals surface area contributed by atoms with Gasteiger partial charge in [-0.05, 0) is 51.1 Å². The molecule has 1 aromatic rings. The highest BCUT2D eigenvalue weighted by molar-refractivity contribution is 5.88. The zero-order chi connectivity index (χ0) is 28.1. The van der Waals surface area contributed by atoms with Gasteiger partial charge in [0.15, 0.2) is 0 Å². The van der Waals surface area contributed by atoms with Gasteiger partial charge in [-0.2, -0.15) is 13.2 Å². The van der Waals surface area contributed by atoms with E-state index < -0.39 is 24.2 Å². The number of nitrogens with zero attached hydrogens (tertiary/aromatic N) is 2. The van der Waals surface area contributed by atoms with Crippen molar-refractivity contribution in [3.8, 4) is 0 Å². The molecule has 9 nitrogen and oxygen atoms in total. The van der Waals surface area contributed by atoms with Crippen LogP contribution in [0.15, 0.2) is 30.3 Å². The van der Waals surface area contributed by atoms with Gasteiger partial charge in [0, 0.05) is 39.1 Å². The Hall–Kier alpha value is -3.15. The van der Waals surface area contributed by atoms with Crippen LogP contribution in [0.4, 0.5) is 13.2 Å². The van der Waals surface area contributed by atoms with Gasteiger partial charge in [0.05, 0.1) is 6.54 Å². The Morgan fingerprint density at radius 1 is 1.13 bits per heavy atom. The highest BCUT2D eigenvalue weighted by atomic mass is 19.4. The number of nitrogens with one attached hydrogen (secondary N) is 3. The van der Waals surface area contributed by atoms with E-state index in [-0.39, 0.29) is 43.8 Å². The summed E-state index contributed by atoms with van der Waals surface area (Å²) in [6.07, 6.45) is -2.27. The van der Waals surface area contributed by atoms with E-state index in [2.05, 4.69) is 16.0 Å². The van der Waals surface area contributed by atoms with E-state index in [0.29, 0.717) is 45.2 Å². The number of carbonyl (C=O) groups excluding carboxylic acids is 4. The number of amides is 4. The van der Waals surface area contributed by atoms with Gasteiger partial charge in [-0.3, -0.25) is 19.2 Å². The second kappa shape index (κ2) is 15.3. The molecular formula is C26H38F3N5O4. The molecule has 1 aliphatic rings. The SMILES string of the molecule is CNCC(=O)N[C@@H](CCCCNC(C)=O)C(=O)N1CCC[C@H]1CN(CCc1ccccc1)C(=O)C(F)(F)F. The number of benzene rings is 1. The maximum atomic E-state index is 13.5. The van der Waals surface area contributed by atoms with Crippen molar-refractivity contribution in [3.63, 3.8) is 0 Å². The van der Waals surface area contributed by atoms with Gasteiger partial charge >= 0.3 is 12.1 Å². The van der Waals surface area contributed by atoms with Crippen LogP contribution >= 0.6 is 0 Å². The molecule has 0 spiro atoms. The molecule has 4 amide bonds. The molecule has 1 aromatic carbocycles. The van der Waals surface area contributed by atoms with E-state index in [1.54, 1.807) is 37.4 Å². The Bertz CT molecular complexity index is 929. The summed E-state index contributed by atoms with van der Waals surface area (Å²) in [6.45, 7) is 1.81. The maximum absolute atomic E-state index is 13.5. The summed E-state index contributed by atoms with van der Waals surface area (Å²) in [5, 5.41) is 8.12. The fourth-order valence-electron chi connectivity index (χ4n) is 4.54. The van der Waals surface area contributed by atoms with E-state index in [1.807, 2.05) is 0 Å². The minimum absolute atomic E-state index is 0.00640. The third kappa shape index (κ3) is 10.3. The van der Waals surface area contributed by atoms with Crippen LogP contribution < -0.4 is 16.0 Å². The van der Waals surface area contributed by atoms with Gasteiger partial charge in [-0.15, -0.1) is 0 Å². The van der Waals surface area contributed by atoms with Crippen LogP contribution in [0.2, 0.25) is 0 Å². The van der Waals surface area contributed by atoms with E-state index >= 15 is 0 Å². The summed E-state index contributed by atoms with van der Waals surface area (Å²) in [4.78, 5) is 51.3. The van der Waals surface area contributed by atoms with Crippen LogP contribution in [0, 0.1) is 0 Å². The summed E-state index contributed by atoms with van der Waals surface area (Å²) in [5.74, 6) is -2.84. The quantitative estimate of drug-likeness (QED) is 0.310. The molecule has 1 aliphatic heterocycles. The van der Waals surface area contributed by atoms with Crippen LogP contribution in [0.5, 0.6) is 0 Å². The molecule has 0 bridgehead atoms. The molecule has 2 atom stereocenters. The lowest BCUT2D eigenvalue weighted by molar-refractivity contribution is -0.186. The number of rotatable bonds is 14. The molecule has 0 unspecified atom stereocenters. The number of unbranched alkanes of at least 4 members (excludes halogenated alkanes) is 1. The fourth-order valence-corrected chi connectivity index (χ4v) is 4.54. The first-order valence-electron chi connectivity index (χ1n) is 12.9. The molecule has 3 N–H and O–H groups in total. The summed E-state index contributed by atoms with van der Waals surface area (Å²) < 4.78 is 40.2. The molecule has 12 heteroatoms. The summed E-state index contributed by atoms with van der Waals surface area (Å²) in [7, 11) is 1.60. The number of hydrogen-bond acceptors (Lipinski definition) is 5. The highest BCUT2D eigenvalue weighted by Gasteiger charge is 2.44. The van der Waals surface area contributed by atoms with Gasteiger partial charge in [-0.25, -0.2) is 0 Å². The van der Waals surface area contributed by atoms with Gasteiger partial charge in [0.2, 0.25) is 17.7 Å². The lowest BCUT2D eigenvalue weighted by Gasteiger charge is -2.33. The zero-order valence-corrected chi connectivity index (χ0v) is 22.0. The molecule has 38 heavy (non-hydrogen) atoms. The zero-order valence-electron chi connectivity index (χ0n) is 22.0. The maximum Gasteiger partial charge on any atom is 0.471 e. The minimum atomic E-state index is -5.03. The fraction of sp³-hybridized carbons (Fsp3) is 0.615. The van der Waals surface area contributed by atoms with Crippen molar-refractivity contribution in [1.29, 1.82) is 0 Å². The topological polar surface area (TPSA) is 111 Å². The van der Waals surface area contributed by atoms with Crippen LogP contribution in [0.25, 0.3) is 0 Å². The van der Waals surface area contributed by atoms with Gasteiger partial charge < -0.3 is 25.8 Å². The monoisotopic (exact) mass is 541 g/mol. The molecular weight excluding hydrogens is 503 g/mol. The average molecular weight is 542 g/mol. The van der Waals surface area contributed by atoms with Crippen molar-refractivity contribution >= 4 is 23.6 Å². The Labute approximate surface area is 221 Å². The van der Waals surface area contributed by atoms with E-state index in [0.717, 1.165) is 10.5 Å². The van der Waals surface area contributed by atoms with Crippen molar-refractivity contribution in [2.45, 2.75) is 63.7 Å². The van der Waals surface area contributed by atoms with Crippen molar-refractivity contribution in [3.05, 3.63) is 35.9 Å². The van der Waals surface area contributed by atoms with Gasteiger partial charge in [0.1, 0.15) is 6.04 Å². The molecule has 0 aliphatic carbocycles. The van der Waals surface area contributed by atoms with Crippen molar-refractivity contribution in [1.82, 2.24) is 25.8 Å². The first kappa shape index (κ1) is 31.1. The first-order valence-corrected chi connectivity index (χ1v) is 12.9. The highest BCUT2D eigenvalue weighted by Crippen LogP contribution is 2.24. The Kier molecular flexibility index (Phi) is 12.5. The number of alkyl halides is 3. The number of likely N-dealkylation sites (tertiary alicyclic amines) is 1. The number of carbonyl (C=O) groups is 4. The third-order valence-corrected chi connectivity index (χ3v) is 6.40. The number of hydrogen-bond donors (Lipinski definition) is 3. The average Bonchev–Trinajstić information content (AvgIpc) is 3.33. The molecule has 1 fully saturated rings. The van der Waals surface area contributed by atoms with Crippen molar-refractivity contribution in [2.75, 3.05) is 39.8 Å². The molecule has 2 rings (SSSR count). The Balaban J connectivity index is 2.12. The van der Waals surface area contributed by atoms with Gasteiger partial charge in [0.25, 0.3) is 0 Å². The predicted octanol–water partition coefficient (Wildman–Crippen LogP) is 1.62. The molecule has 0 aromatic heterocycles. The summed E-state index contributed by atoms with van der Waals surface area (Å²) >= 11 is 0. The van der Waals surface area contributed by atoms with Crippen LogP contribution in [0.3, 0.4) is 0 Å². The largest absolute Gasteiger partial charge is 0.471 e. The minimum Gasteiger partial charge on any atom is -0.356 e. The lowest BCUT2D eigenvalue weighted by Crippen LogP contribution is -2.54. The first-order chi connectivity index (χ1) is 18.0. The smallest absolute Gasteiger partial charge is 0.356 e. The second-order valence-corrected chi connectivity index (χ2v) is 9.44. The molecule has 0 radical (unpaired) electrons. The second-order valence-electron chi connectivity index (χ2n) is 9.44. The predicted molar refractivity (Wildman–Crippen MR) is 136 cm³/mol. The number of halogens is 3. The molecule has 1 heterocycles. The summed E-state index contributed by atoms with van der Waals surface area (Å²) in [5.41, 5.74) is 0.804. The summed E-state index contributed by atoms with van der Waals surface area (Å²) in [6, 6.07) is 7.48. The standard InChI is InChI=1S/C26H38F3N5O4/c1-19(35)31-14-7-6-12-22(32-23(36)17-30-2)24(37)34-15-8-11-21(34)18-33(25(38)26(27,28)29)16-13-20-9-4-3-5-10-20/h3-5,9-10,21-22,30H,6-8,11-18H2,1-2H3,(H,31,35)(H,32,36)/t21-,22-/m0/s1. The number of likely N-dealkylation sites (N-methyl/N-ethyl adjacent to an activating group) is 1. The third-order valence-electron chi connectivity index (χ3n) is 6.40. The van der Waals surface area contributed by atoms with Crippen molar-refractivity contribution < 1.29 is 32.3 Å². The van der Waals surface area contributed by atoms with E-state index in [9.17, 15) is 32.3 Å². The molecule has 1 saturated heterocycles. The van der Waals surface area contributed by atoms with Crippen LogP contribution in [0.1, 0.15) is 44.6 Å². The molecule has 0 saturated carbocycles. The van der Waals surface area contributed by atoms with E-state index in [4.69, 9.17) is 0 Å². The normalized spacial score (nSPS) is 16.1. The Morgan fingerprint density at radius 2 is 1.84 bits per heavy atom. The Morgan fingerprint density at radius 3 is 2.47 bits per heavy atom. The van der Waals surface area contributed by atoms with Gasteiger partial charge in [-0.1, -0.05) is 30.3 Å². The molecule has 212 valence electrons. The van der Waals surface area contributed by atoms with E-state index in [1.165, 1.54) is 11.8 Å². The van der Waals surface area contributed by atoms with Crippen LogP contribution in [-0.2, 0) is 25.6 Å². The van der Waals surface area contributed by atoms with Crippen LogP contribution in [-0.4, -0.2) is 91.5 Å². The lowest BCUT2D eigenvalue weighted by atomic mass is 10.1.